The molecule has 1 aromatic heterocycles. The van der Waals surface area contributed by atoms with Gasteiger partial charge in [-0.2, -0.15) is 0 Å². The Morgan fingerprint density at radius 1 is 1.03 bits per heavy atom. The first kappa shape index (κ1) is 21.2. The molecule has 2 aromatic carbocycles. The van der Waals surface area contributed by atoms with Gasteiger partial charge in [0.1, 0.15) is 0 Å². The Bertz CT molecular complexity index is 1130. The second kappa shape index (κ2) is 8.22. The van der Waals surface area contributed by atoms with E-state index < -0.39 is 5.41 Å². The SMILES string of the molecule is CCOC(=O)n1c2c(c3ccccc31)C[C@@](C)(C(=O)OCC)[C@@H](c1ccc(C)cc1)C2. The van der Waals surface area contributed by atoms with Crippen LogP contribution in [0.2, 0.25) is 0 Å². The third-order valence-electron chi connectivity index (χ3n) is 6.47. The molecule has 0 bridgehead atoms. The molecule has 5 heteroatoms. The van der Waals surface area contributed by atoms with Crippen LogP contribution in [0.4, 0.5) is 4.79 Å². The van der Waals surface area contributed by atoms with Crippen molar-refractivity contribution < 1.29 is 19.1 Å². The Kier molecular flexibility index (Phi) is 5.61. The van der Waals surface area contributed by atoms with E-state index in [-0.39, 0.29) is 18.0 Å². The summed E-state index contributed by atoms with van der Waals surface area (Å²) in [7, 11) is 0. The molecular formula is C26H29NO4. The van der Waals surface area contributed by atoms with Crippen LogP contribution in [0, 0.1) is 12.3 Å². The predicted molar refractivity (Wildman–Crippen MR) is 120 cm³/mol. The summed E-state index contributed by atoms with van der Waals surface area (Å²) in [6.45, 7) is 8.33. The molecule has 1 heterocycles. The molecule has 0 spiro atoms. The molecule has 2 atom stereocenters. The first-order valence-electron chi connectivity index (χ1n) is 10.9. The number of carbonyl (C=O) groups excluding carboxylic acids is 2. The Morgan fingerprint density at radius 3 is 2.39 bits per heavy atom. The highest BCUT2D eigenvalue weighted by Crippen LogP contribution is 2.49. The lowest BCUT2D eigenvalue weighted by Gasteiger charge is -2.40. The van der Waals surface area contributed by atoms with Crippen LogP contribution in [0.15, 0.2) is 48.5 Å². The van der Waals surface area contributed by atoms with Crippen molar-refractivity contribution in [3.8, 4) is 0 Å². The monoisotopic (exact) mass is 419 g/mol. The van der Waals surface area contributed by atoms with Crippen molar-refractivity contribution in [3.05, 3.63) is 70.9 Å². The zero-order valence-corrected chi connectivity index (χ0v) is 18.6. The number of hydrogen-bond donors (Lipinski definition) is 0. The second-order valence-electron chi connectivity index (χ2n) is 8.46. The maximum atomic E-state index is 13.2. The van der Waals surface area contributed by atoms with Gasteiger partial charge in [-0.1, -0.05) is 48.0 Å². The topological polar surface area (TPSA) is 57.5 Å². The molecule has 0 saturated carbocycles. The second-order valence-corrected chi connectivity index (χ2v) is 8.46. The third-order valence-corrected chi connectivity index (χ3v) is 6.47. The molecule has 0 amide bonds. The van der Waals surface area contributed by atoms with E-state index in [1.54, 1.807) is 4.57 Å². The van der Waals surface area contributed by atoms with Crippen LogP contribution in [0.25, 0.3) is 10.9 Å². The van der Waals surface area contributed by atoms with Gasteiger partial charge in [0, 0.05) is 17.0 Å². The smallest absolute Gasteiger partial charge is 0.418 e. The molecule has 0 N–H and O–H groups in total. The number of carbonyl (C=O) groups is 2. The third kappa shape index (κ3) is 3.52. The molecule has 1 aliphatic carbocycles. The molecule has 31 heavy (non-hydrogen) atoms. The number of hydrogen-bond acceptors (Lipinski definition) is 4. The van der Waals surface area contributed by atoms with E-state index in [2.05, 4.69) is 24.3 Å². The summed E-state index contributed by atoms with van der Waals surface area (Å²) < 4.78 is 12.6. The van der Waals surface area contributed by atoms with Gasteiger partial charge in [-0.15, -0.1) is 0 Å². The molecule has 0 aliphatic heterocycles. The molecule has 0 unspecified atom stereocenters. The van der Waals surface area contributed by atoms with E-state index >= 15 is 0 Å². The van der Waals surface area contributed by atoms with Gasteiger partial charge in [-0.3, -0.25) is 4.79 Å². The Labute approximate surface area is 183 Å². The first-order valence-corrected chi connectivity index (χ1v) is 10.9. The number of aryl methyl sites for hydroxylation is 1. The number of fused-ring (bicyclic) bond motifs is 3. The summed E-state index contributed by atoms with van der Waals surface area (Å²) in [5.41, 5.74) is 4.28. The molecular weight excluding hydrogens is 390 g/mol. The zero-order chi connectivity index (χ0) is 22.2. The van der Waals surface area contributed by atoms with Gasteiger partial charge in [-0.05, 0) is 57.7 Å². The fourth-order valence-electron chi connectivity index (χ4n) is 4.87. The molecule has 0 fully saturated rings. The van der Waals surface area contributed by atoms with E-state index in [9.17, 15) is 9.59 Å². The molecule has 162 valence electrons. The van der Waals surface area contributed by atoms with Crippen LogP contribution in [0.5, 0.6) is 0 Å². The van der Waals surface area contributed by atoms with Crippen LogP contribution in [0.1, 0.15) is 49.1 Å². The van der Waals surface area contributed by atoms with E-state index in [4.69, 9.17) is 9.47 Å². The summed E-state index contributed by atoms with van der Waals surface area (Å²) in [6.07, 6.45) is 0.690. The average molecular weight is 420 g/mol. The van der Waals surface area contributed by atoms with Crippen LogP contribution < -0.4 is 0 Å². The van der Waals surface area contributed by atoms with Crippen molar-refractivity contribution in [1.29, 1.82) is 0 Å². The lowest BCUT2D eigenvalue weighted by atomic mass is 9.64. The fraction of sp³-hybridized carbons (Fsp3) is 0.385. The maximum Gasteiger partial charge on any atom is 0.418 e. The van der Waals surface area contributed by atoms with Crippen LogP contribution in [0.3, 0.4) is 0 Å². The zero-order valence-electron chi connectivity index (χ0n) is 18.6. The Morgan fingerprint density at radius 2 is 1.71 bits per heavy atom. The van der Waals surface area contributed by atoms with Crippen LogP contribution in [-0.4, -0.2) is 29.8 Å². The number of rotatable bonds is 4. The average Bonchev–Trinajstić information content (AvgIpc) is 3.07. The normalized spacial score (nSPS) is 20.3. The first-order chi connectivity index (χ1) is 14.9. The van der Waals surface area contributed by atoms with Gasteiger partial charge in [0.25, 0.3) is 0 Å². The Hall–Kier alpha value is -3.08. The maximum absolute atomic E-state index is 13.2. The van der Waals surface area contributed by atoms with E-state index in [1.165, 1.54) is 5.56 Å². The number of esters is 1. The van der Waals surface area contributed by atoms with Crippen molar-refractivity contribution >= 4 is 23.0 Å². The van der Waals surface area contributed by atoms with Gasteiger partial charge in [0.2, 0.25) is 0 Å². The molecule has 0 saturated heterocycles. The summed E-state index contributed by atoms with van der Waals surface area (Å²) in [5.74, 6) is -0.309. The number of para-hydroxylation sites is 1. The highest BCUT2D eigenvalue weighted by atomic mass is 16.5. The summed E-state index contributed by atoms with van der Waals surface area (Å²) >= 11 is 0. The summed E-state index contributed by atoms with van der Waals surface area (Å²) in [6, 6.07) is 16.1. The van der Waals surface area contributed by atoms with Crippen molar-refractivity contribution in [2.24, 2.45) is 5.41 Å². The summed E-state index contributed by atoms with van der Waals surface area (Å²) in [5, 5.41) is 0.989. The fourth-order valence-corrected chi connectivity index (χ4v) is 4.87. The number of benzene rings is 2. The predicted octanol–water partition coefficient (Wildman–Crippen LogP) is 5.41. The molecule has 4 rings (SSSR count). The van der Waals surface area contributed by atoms with Crippen LogP contribution >= 0.6 is 0 Å². The number of ether oxygens (including phenoxy) is 2. The van der Waals surface area contributed by atoms with Crippen molar-refractivity contribution in [3.63, 3.8) is 0 Å². The number of nitrogens with zero attached hydrogens (tertiary/aromatic N) is 1. The highest BCUT2D eigenvalue weighted by Gasteiger charge is 2.48. The van der Waals surface area contributed by atoms with Crippen LogP contribution in [-0.2, 0) is 27.1 Å². The van der Waals surface area contributed by atoms with Crippen molar-refractivity contribution in [2.45, 2.75) is 46.5 Å². The van der Waals surface area contributed by atoms with Gasteiger partial charge < -0.3 is 9.47 Å². The quantitative estimate of drug-likeness (QED) is 0.531. The number of aromatic nitrogens is 1. The standard InChI is InChI=1S/C26H29NO4/c1-5-30-24(28)26(4)16-20-19-9-7-8-10-22(19)27(25(29)31-6-2)23(20)15-21(26)18-13-11-17(3)12-14-18/h7-14,21H,5-6,15-16H2,1-4H3/t21-,26-/m1/s1. The van der Waals surface area contributed by atoms with E-state index in [1.807, 2.05) is 52.0 Å². The minimum Gasteiger partial charge on any atom is -0.466 e. The lowest BCUT2D eigenvalue weighted by molar-refractivity contribution is -0.156. The largest absolute Gasteiger partial charge is 0.466 e. The molecule has 1 aliphatic rings. The molecule has 3 aromatic rings. The van der Waals surface area contributed by atoms with Gasteiger partial charge >= 0.3 is 12.1 Å². The highest BCUT2D eigenvalue weighted by molar-refractivity contribution is 5.95. The van der Waals surface area contributed by atoms with Crippen molar-refractivity contribution in [1.82, 2.24) is 4.57 Å². The van der Waals surface area contributed by atoms with E-state index in [0.717, 1.165) is 27.7 Å². The van der Waals surface area contributed by atoms with Gasteiger partial charge in [0.05, 0.1) is 24.1 Å². The van der Waals surface area contributed by atoms with Gasteiger partial charge in [0.15, 0.2) is 0 Å². The summed E-state index contributed by atoms with van der Waals surface area (Å²) in [4.78, 5) is 26.2. The minimum atomic E-state index is -0.734. The lowest BCUT2D eigenvalue weighted by Crippen LogP contribution is -2.42. The van der Waals surface area contributed by atoms with Crippen molar-refractivity contribution in [2.75, 3.05) is 13.2 Å². The van der Waals surface area contributed by atoms with E-state index in [0.29, 0.717) is 26.1 Å². The minimum absolute atomic E-state index is 0.114. The van der Waals surface area contributed by atoms with Gasteiger partial charge in [-0.25, -0.2) is 9.36 Å². The molecule has 5 nitrogen and oxygen atoms in total. The molecule has 0 radical (unpaired) electrons. The Balaban J connectivity index is 1.93.